The van der Waals surface area contributed by atoms with Crippen LogP contribution in [0, 0.1) is 10.1 Å². The molecule has 3 aromatic rings. The number of nitrogens with zero attached hydrogens (tertiary/aromatic N) is 3. The van der Waals surface area contributed by atoms with Crippen molar-refractivity contribution in [2.75, 3.05) is 13.7 Å². The monoisotopic (exact) mass is 559 g/mol. The first-order valence-corrected chi connectivity index (χ1v) is 11.1. The molecule has 3 unspecified atom stereocenters. The molecule has 0 radical (unpaired) electrons. The highest BCUT2D eigenvalue weighted by molar-refractivity contribution is 9.10. The molecule has 3 atom stereocenters. The Labute approximate surface area is 208 Å². The molecular weight excluding hydrogens is 541 g/mol. The molecule has 176 valence electrons. The Morgan fingerprint density at radius 1 is 1.36 bits per heavy atom. The smallest absolute Gasteiger partial charge is 0.291 e. The van der Waals surface area contributed by atoms with E-state index < -0.39 is 10.9 Å². The zero-order valence-corrected chi connectivity index (χ0v) is 20.4. The van der Waals surface area contributed by atoms with Gasteiger partial charge >= 0.3 is 0 Å². The molecule has 1 saturated heterocycles. The fourth-order valence-corrected chi connectivity index (χ4v) is 4.38. The van der Waals surface area contributed by atoms with Crippen LogP contribution in [0.3, 0.4) is 0 Å². The van der Waals surface area contributed by atoms with Crippen molar-refractivity contribution < 1.29 is 24.5 Å². The van der Waals surface area contributed by atoms with Gasteiger partial charge in [-0.25, -0.2) is 4.98 Å². The molecule has 0 spiro atoms. The van der Waals surface area contributed by atoms with Crippen LogP contribution in [0.2, 0.25) is 10.0 Å². The SMILES string of the molecule is COC(c1ccc(Br)cc1)C1COC(Cn2ccnc2)(c2ccc(Cl)cc2Cl)O1.O=[N+]([O-])O. The van der Waals surface area contributed by atoms with E-state index in [9.17, 15) is 0 Å². The summed E-state index contributed by atoms with van der Waals surface area (Å²) in [6, 6.07) is 13.3. The van der Waals surface area contributed by atoms with Crippen molar-refractivity contribution >= 4 is 39.1 Å². The number of aromatic nitrogens is 2. The van der Waals surface area contributed by atoms with Crippen LogP contribution < -0.4 is 0 Å². The van der Waals surface area contributed by atoms with Gasteiger partial charge in [-0.15, -0.1) is 10.1 Å². The number of benzene rings is 2. The van der Waals surface area contributed by atoms with E-state index in [2.05, 4.69) is 20.9 Å². The molecule has 1 aliphatic heterocycles. The Hall–Kier alpha value is -2.21. The molecule has 12 heteroatoms. The number of imidazole rings is 1. The maximum atomic E-state index is 8.36. The second-order valence-corrected chi connectivity index (χ2v) is 8.78. The number of methoxy groups -OCH3 is 1. The van der Waals surface area contributed by atoms with Gasteiger partial charge in [0.05, 0.1) is 24.5 Å². The molecule has 0 amide bonds. The summed E-state index contributed by atoms with van der Waals surface area (Å²) in [5, 5.41) is 14.7. The molecule has 1 fully saturated rings. The molecule has 2 aromatic carbocycles. The minimum atomic E-state index is -1.50. The highest BCUT2D eigenvalue weighted by atomic mass is 79.9. The number of halogens is 3. The molecular formula is C21H20BrCl2N3O6. The van der Waals surface area contributed by atoms with E-state index in [0.29, 0.717) is 28.8 Å². The van der Waals surface area contributed by atoms with Crippen LogP contribution in [0.4, 0.5) is 0 Å². The van der Waals surface area contributed by atoms with Gasteiger partial charge in [0.15, 0.2) is 0 Å². The summed E-state index contributed by atoms with van der Waals surface area (Å²) >= 11 is 16.1. The highest BCUT2D eigenvalue weighted by Gasteiger charge is 2.47. The first-order valence-electron chi connectivity index (χ1n) is 9.58. The third-order valence-corrected chi connectivity index (χ3v) is 5.98. The Morgan fingerprint density at radius 2 is 2.06 bits per heavy atom. The van der Waals surface area contributed by atoms with E-state index >= 15 is 0 Å². The largest absolute Gasteiger partial charge is 0.374 e. The van der Waals surface area contributed by atoms with Crippen molar-refractivity contribution in [1.82, 2.24) is 9.55 Å². The summed E-state index contributed by atoms with van der Waals surface area (Å²) in [6.07, 6.45) is 4.67. The zero-order chi connectivity index (χ0) is 24.0. The third-order valence-electron chi connectivity index (χ3n) is 4.90. The van der Waals surface area contributed by atoms with Crippen molar-refractivity contribution in [2.45, 2.75) is 24.5 Å². The topological polar surface area (TPSA) is 109 Å². The molecule has 0 bridgehead atoms. The van der Waals surface area contributed by atoms with E-state index in [1.807, 2.05) is 41.1 Å². The van der Waals surface area contributed by atoms with Crippen molar-refractivity contribution in [3.8, 4) is 0 Å². The van der Waals surface area contributed by atoms with Crippen LogP contribution >= 0.6 is 39.1 Å². The Balaban J connectivity index is 0.000000709. The summed E-state index contributed by atoms with van der Waals surface area (Å²) in [4.78, 5) is 12.5. The molecule has 1 aliphatic rings. The molecule has 9 nitrogen and oxygen atoms in total. The van der Waals surface area contributed by atoms with E-state index in [0.717, 1.165) is 10.0 Å². The Bertz CT molecular complexity index is 1070. The maximum Gasteiger partial charge on any atom is 0.291 e. The standard InChI is InChI=1S/C21H19BrCl2N2O3.HNO3/c1-27-20(14-2-4-15(22)5-3-14)19-11-28-21(29-19,12-26-9-8-25-13-26)17-7-6-16(23)10-18(17)24;2-1(3)4/h2-10,13,19-20H,11-12H2,1H3;(H,2,3,4). The van der Waals surface area contributed by atoms with Gasteiger partial charge < -0.3 is 24.0 Å². The molecule has 1 aromatic heterocycles. The summed E-state index contributed by atoms with van der Waals surface area (Å²) in [7, 11) is 1.67. The van der Waals surface area contributed by atoms with Crippen molar-refractivity contribution in [3.63, 3.8) is 0 Å². The number of ether oxygens (including phenoxy) is 3. The van der Waals surface area contributed by atoms with Gasteiger partial charge in [0.1, 0.15) is 12.2 Å². The predicted molar refractivity (Wildman–Crippen MR) is 124 cm³/mol. The first kappa shape index (κ1) is 25.4. The molecule has 1 N–H and O–H groups in total. The third kappa shape index (κ3) is 6.44. The lowest BCUT2D eigenvalue weighted by Crippen LogP contribution is -2.34. The zero-order valence-electron chi connectivity index (χ0n) is 17.3. The van der Waals surface area contributed by atoms with Gasteiger partial charge in [0.2, 0.25) is 5.79 Å². The van der Waals surface area contributed by atoms with Crippen molar-refractivity contribution in [1.29, 1.82) is 0 Å². The van der Waals surface area contributed by atoms with Gasteiger partial charge in [0, 0.05) is 34.6 Å². The highest BCUT2D eigenvalue weighted by Crippen LogP contribution is 2.43. The maximum absolute atomic E-state index is 8.36. The van der Waals surface area contributed by atoms with Gasteiger partial charge in [-0.3, -0.25) is 0 Å². The normalized spacial score (nSPS) is 20.7. The summed E-state index contributed by atoms with van der Waals surface area (Å²) in [5.41, 5.74) is 1.72. The van der Waals surface area contributed by atoms with E-state index in [1.165, 1.54) is 0 Å². The summed E-state index contributed by atoms with van der Waals surface area (Å²) in [6.45, 7) is 0.740. The van der Waals surface area contributed by atoms with Crippen LogP contribution in [0.25, 0.3) is 0 Å². The minimum Gasteiger partial charge on any atom is -0.374 e. The molecule has 2 heterocycles. The summed E-state index contributed by atoms with van der Waals surface area (Å²) < 4.78 is 21.5. The van der Waals surface area contributed by atoms with Gasteiger partial charge in [-0.05, 0) is 29.8 Å². The van der Waals surface area contributed by atoms with Crippen LogP contribution in [0.5, 0.6) is 0 Å². The van der Waals surface area contributed by atoms with E-state index in [-0.39, 0.29) is 12.2 Å². The van der Waals surface area contributed by atoms with Gasteiger partial charge in [0.25, 0.3) is 5.09 Å². The lowest BCUT2D eigenvalue weighted by Gasteiger charge is -2.31. The second-order valence-electron chi connectivity index (χ2n) is 7.03. The number of hydrogen-bond donors (Lipinski definition) is 1. The van der Waals surface area contributed by atoms with E-state index in [4.69, 9.17) is 52.7 Å². The molecule has 0 saturated carbocycles. The Kier molecular flexibility index (Phi) is 8.69. The van der Waals surface area contributed by atoms with Gasteiger partial charge in [-0.2, -0.15) is 0 Å². The average molecular weight is 561 g/mol. The van der Waals surface area contributed by atoms with Crippen molar-refractivity contribution in [3.05, 3.63) is 96.9 Å². The van der Waals surface area contributed by atoms with Crippen LogP contribution in [0.15, 0.2) is 65.7 Å². The van der Waals surface area contributed by atoms with E-state index in [1.54, 1.807) is 31.8 Å². The van der Waals surface area contributed by atoms with Crippen molar-refractivity contribution in [2.24, 2.45) is 0 Å². The molecule has 4 rings (SSSR count). The number of rotatable bonds is 6. The quantitative estimate of drug-likeness (QED) is 0.323. The van der Waals surface area contributed by atoms with Crippen LogP contribution in [-0.4, -0.2) is 39.7 Å². The molecule has 33 heavy (non-hydrogen) atoms. The Morgan fingerprint density at radius 3 is 2.64 bits per heavy atom. The predicted octanol–water partition coefficient (Wildman–Crippen LogP) is 5.26. The fourth-order valence-electron chi connectivity index (χ4n) is 3.56. The van der Waals surface area contributed by atoms with Crippen LogP contribution in [-0.2, 0) is 26.5 Å². The minimum absolute atomic E-state index is 0.293. The van der Waals surface area contributed by atoms with Gasteiger partial charge in [-0.1, -0.05) is 57.3 Å². The second kappa shape index (κ2) is 11.3. The lowest BCUT2D eigenvalue weighted by molar-refractivity contribution is -0.742. The fraction of sp³-hybridized carbons (Fsp3) is 0.286. The number of hydrogen-bond acceptors (Lipinski definition) is 6. The average Bonchev–Trinajstić information content (AvgIpc) is 3.41. The lowest BCUT2D eigenvalue weighted by atomic mass is 10.0. The van der Waals surface area contributed by atoms with Crippen LogP contribution in [0.1, 0.15) is 17.2 Å². The summed E-state index contributed by atoms with van der Waals surface area (Å²) in [5.74, 6) is -1.08. The first-order chi connectivity index (χ1) is 15.7. The molecule has 0 aliphatic carbocycles.